The molecule has 0 unspecified atom stereocenters. The molecule has 0 bridgehead atoms. The highest BCUT2D eigenvalue weighted by molar-refractivity contribution is 8.18. The molecule has 0 aliphatic carbocycles. The zero-order valence-corrected chi connectivity index (χ0v) is 9.60. The minimum atomic E-state index is 0.483. The highest BCUT2D eigenvalue weighted by atomic mass is 32.2. The topological polar surface area (TPSA) is 9.23 Å². The molecule has 1 nitrogen and oxygen atoms in total. The van der Waals surface area contributed by atoms with Crippen molar-refractivity contribution in [1.29, 1.82) is 0 Å². The van der Waals surface area contributed by atoms with Crippen LogP contribution < -0.4 is 0 Å². The summed E-state index contributed by atoms with van der Waals surface area (Å²) < 4.78 is 5.54. The van der Waals surface area contributed by atoms with Crippen LogP contribution in [0.25, 0.3) is 0 Å². The average Bonchev–Trinajstić information content (AvgIpc) is 2.06. The SMILES string of the molecule is COCCCC1(C)SCCCS1. The number of rotatable bonds is 4. The molecule has 0 radical (unpaired) electrons. The van der Waals surface area contributed by atoms with Crippen molar-refractivity contribution in [2.45, 2.75) is 30.3 Å². The van der Waals surface area contributed by atoms with Crippen molar-refractivity contribution in [3.05, 3.63) is 0 Å². The molecule has 0 aromatic heterocycles. The third kappa shape index (κ3) is 3.58. The van der Waals surface area contributed by atoms with E-state index in [1.807, 2.05) is 0 Å². The first-order chi connectivity index (χ1) is 5.77. The van der Waals surface area contributed by atoms with Crippen LogP contribution in [0, 0.1) is 0 Å². The van der Waals surface area contributed by atoms with E-state index in [-0.39, 0.29) is 0 Å². The first-order valence-electron chi connectivity index (χ1n) is 4.54. The predicted octanol–water partition coefficient (Wildman–Crippen LogP) is 3.00. The summed E-state index contributed by atoms with van der Waals surface area (Å²) >= 11 is 4.25. The van der Waals surface area contributed by atoms with Crippen molar-refractivity contribution in [3.63, 3.8) is 0 Å². The lowest BCUT2D eigenvalue weighted by molar-refractivity contribution is 0.192. The molecule has 1 aliphatic heterocycles. The molecule has 1 heterocycles. The Morgan fingerprint density at radius 1 is 1.33 bits per heavy atom. The van der Waals surface area contributed by atoms with Gasteiger partial charge in [0.25, 0.3) is 0 Å². The Morgan fingerprint density at radius 3 is 2.58 bits per heavy atom. The summed E-state index contributed by atoms with van der Waals surface area (Å²) in [6, 6.07) is 0. The van der Waals surface area contributed by atoms with Gasteiger partial charge in [0, 0.05) is 13.7 Å². The second-order valence-electron chi connectivity index (χ2n) is 3.28. The summed E-state index contributed by atoms with van der Waals surface area (Å²) in [4.78, 5) is 0. The van der Waals surface area contributed by atoms with E-state index < -0.39 is 0 Å². The van der Waals surface area contributed by atoms with E-state index in [4.69, 9.17) is 4.74 Å². The van der Waals surface area contributed by atoms with Gasteiger partial charge in [-0.1, -0.05) is 0 Å². The molecule has 12 heavy (non-hydrogen) atoms. The van der Waals surface area contributed by atoms with Crippen molar-refractivity contribution in [2.24, 2.45) is 0 Å². The number of hydrogen-bond acceptors (Lipinski definition) is 3. The van der Waals surface area contributed by atoms with E-state index >= 15 is 0 Å². The molecule has 1 aliphatic rings. The second kappa shape index (κ2) is 5.40. The minimum Gasteiger partial charge on any atom is -0.385 e. The zero-order chi connectivity index (χ0) is 8.86. The number of ether oxygens (including phenoxy) is 1. The van der Waals surface area contributed by atoms with Gasteiger partial charge < -0.3 is 4.74 Å². The van der Waals surface area contributed by atoms with Crippen LogP contribution in [0.3, 0.4) is 0 Å². The predicted molar refractivity (Wildman–Crippen MR) is 59.0 cm³/mol. The molecule has 1 rings (SSSR count). The van der Waals surface area contributed by atoms with Gasteiger partial charge in [-0.05, 0) is 37.7 Å². The molecule has 0 atom stereocenters. The molecule has 1 fully saturated rings. The van der Waals surface area contributed by atoms with Gasteiger partial charge in [-0.2, -0.15) is 0 Å². The summed E-state index contributed by atoms with van der Waals surface area (Å²) in [6.07, 6.45) is 3.87. The summed E-state index contributed by atoms with van der Waals surface area (Å²) in [7, 11) is 1.78. The molecule has 3 heteroatoms. The van der Waals surface area contributed by atoms with Gasteiger partial charge in [-0.3, -0.25) is 0 Å². The maximum Gasteiger partial charge on any atom is 0.0583 e. The molecule has 1 saturated heterocycles. The minimum absolute atomic E-state index is 0.483. The standard InChI is InChI=1S/C9H18OS2/c1-9(5-3-6-10-2)11-7-4-8-12-9/h3-8H2,1-2H3. The number of hydrogen-bond donors (Lipinski definition) is 0. The van der Waals surface area contributed by atoms with Crippen LogP contribution in [-0.4, -0.2) is 29.3 Å². The van der Waals surface area contributed by atoms with E-state index in [2.05, 4.69) is 30.4 Å². The van der Waals surface area contributed by atoms with Gasteiger partial charge in [0.05, 0.1) is 4.08 Å². The van der Waals surface area contributed by atoms with Crippen molar-refractivity contribution in [3.8, 4) is 0 Å². The normalized spacial score (nSPS) is 22.5. The first-order valence-corrected chi connectivity index (χ1v) is 6.51. The second-order valence-corrected chi connectivity index (χ2v) is 6.74. The molecule has 0 N–H and O–H groups in total. The van der Waals surface area contributed by atoms with E-state index in [0.29, 0.717) is 4.08 Å². The lowest BCUT2D eigenvalue weighted by atomic mass is 10.2. The molecule has 0 saturated carbocycles. The Balaban J connectivity index is 2.17. The van der Waals surface area contributed by atoms with Gasteiger partial charge in [-0.15, -0.1) is 23.5 Å². The van der Waals surface area contributed by atoms with Crippen LogP contribution in [-0.2, 0) is 4.74 Å². The smallest absolute Gasteiger partial charge is 0.0583 e. The van der Waals surface area contributed by atoms with Crippen molar-refractivity contribution in [1.82, 2.24) is 0 Å². The lowest BCUT2D eigenvalue weighted by Gasteiger charge is -2.32. The molecule has 0 aromatic rings. The quantitative estimate of drug-likeness (QED) is 0.654. The molecule has 0 spiro atoms. The zero-order valence-electron chi connectivity index (χ0n) is 7.97. The molecular weight excluding hydrogens is 188 g/mol. The maximum atomic E-state index is 5.06. The Labute approximate surface area is 84.0 Å². The lowest BCUT2D eigenvalue weighted by Crippen LogP contribution is -2.21. The highest BCUT2D eigenvalue weighted by Gasteiger charge is 2.27. The van der Waals surface area contributed by atoms with Gasteiger partial charge >= 0.3 is 0 Å². The fourth-order valence-electron chi connectivity index (χ4n) is 1.36. The molecule has 0 amide bonds. The van der Waals surface area contributed by atoms with Gasteiger partial charge in [-0.25, -0.2) is 0 Å². The van der Waals surface area contributed by atoms with Crippen molar-refractivity contribution >= 4 is 23.5 Å². The van der Waals surface area contributed by atoms with Crippen molar-refractivity contribution < 1.29 is 4.74 Å². The summed E-state index contributed by atoms with van der Waals surface area (Å²) in [6.45, 7) is 3.29. The largest absolute Gasteiger partial charge is 0.385 e. The summed E-state index contributed by atoms with van der Waals surface area (Å²) in [5.74, 6) is 2.69. The van der Waals surface area contributed by atoms with E-state index in [1.165, 1.54) is 30.8 Å². The Hall–Kier alpha value is 0.660. The summed E-state index contributed by atoms with van der Waals surface area (Å²) in [5, 5.41) is 0. The van der Waals surface area contributed by atoms with Gasteiger partial charge in [0.2, 0.25) is 0 Å². The molecule has 0 aromatic carbocycles. The third-order valence-corrected chi connectivity index (χ3v) is 5.41. The van der Waals surface area contributed by atoms with Crippen molar-refractivity contribution in [2.75, 3.05) is 25.2 Å². The number of thioether (sulfide) groups is 2. The van der Waals surface area contributed by atoms with Crippen LogP contribution in [0.4, 0.5) is 0 Å². The van der Waals surface area contributed by atoms with Crippen LogP contribution in [0.15, 0.2) is 0 Å². The Morgan fingerprint density at radius 2 is 2.00 bits per heavy atom. The monoisotopic (exact) mass is 206 g/mol. The van der Waals surface area contributed by atoms with Crippen LogP contribution >= 0.6 is 23.5 Å². The average molecular weight is 206 g/mol. The highest BCUT2D eigenvalue weighted by Crippen LogP contribution is 2.44. The van der Waals surface area contributed by atoms with Crippen LogP contribution in [0.2, 0.25) is 0 Å². The van der Waals surface area contributed by atoms with Gasteiger partial charge in [0.1, 0.15) is 0 Å². The maximum absolute atomic E-state index is 5.06. The summed E-state index contributed by atoms with van der Waals surface area (Å²) in [5.41, 5.74) is 0. The van der Waals surface area contributed by atoms with E-state index in [9.17, 15) is 0 Å². The Bertz CT molecular complexity index is 122. The van der Waals surface area contributed by atoms with E-state index in [0.717, 1.165) is 6.61 Å². The Kier molecular flexibility index (Phi) is 4.84. The molecular formula is C9H18OS2. The third-order valence-electron chi connectivity index (χ3n) is 2.08. The molecule has 72 valence electrons. The van der Waals surface area contributed by atoms with Crippen LogP contribution in [0.1, 0.15) is 26.2 Å². The van der Waals surface area contributed by atoms with Crippen LogP contribution in [0.5, 0.6) is 0 Å². The fourth-order valence-corrected chi connectivity index (χ4v) is 4.39. The number of methoxy groups -OCH3 is 1. The fraction of sp³-hybridized carbons (Fsp3) is 1.00. The van der Waals surface area contributed by atoms with Gasteiger partial charge in [0.15, 0.2) is 0 Å². The van der Waals surface area contributed by atoms with E-state index in [1.54, 1.807) is 7.11 Å². The first kappa shape index (κ1) is 10.7.